The van der Waals surface area contributed by atoms with Gasteiger partial charge in [0.05, 0.1) is 6.54 Å². The van der Waals surface area contributed by atoms with Crippen LogP contribution in [0.3, 0.4) is 0 Å². The molecular formula is C13H20N4O. The van der Waals surface area contributed by atoms with Crippen molar-refractivity contribution < 1.29 is 4.79 Å². The van der Waals surface area contributed by atoms with Gasteiger partial charge in [0.2, 0.25) is 5.91 Å². The molecule has 1 aliphatic heterocycles. The van der Waals surface area contributed by atoms with Crippen LogP contribution in [-0.4, -0.2) is 41.5 Å². The van der Waals surface area contributed by atoms with Crippen molar-refractivity contribution in [2.45, 2.75) is 25.4 Å². The zero-order valence-corrected chi connectivity index (χ0v) is 10.5. The van der Waals surface area contributed by atoms with Gasteiger partial charge in [-0.3, -0.25) is 14.7 Å². The van der Waals surface area contributed by atoms with E-state index in [0.29, 0.717) is 12.6 Å². The number of nitrogens with zero attached hydrogens (tertiary/aromatic N) is 2. The van der Waals surface area contributed by atoms with E-state index < -0.39 is 0 Å². The van der Waals surface area contributed by atoms with Crippen LogP contribution in [0, 0.1) is 0 Å². The van der Waals surface area contributed by atoms with Crippen LogP contribution >= 0.6 is 0 Å². The van der Waals surface area contributed by atoms with Gasteiger partial charge < -0.3 is 11.1 Å². The minimum Gasteiger partial charge on any atom is -0.369 e. The highest BCUT2D eigenvalue weighted by atomic mass is 16.1. The first kappa shape index (κ1) is 13.0. The van der Waals surface area contributed by atoms with Crippen molar-refractivity contribution in [1.29, 1.82) is 0 Å². The molecule has 2 rings (SSSR count). The predicted molar refractivity (Wildman–Crippen MR) is 69.7 cm³/mol. The summed E-state index contributed by atoms with van der Waals surface area (Å²) in [6.45, 7) is 3.15. The number of hydrogen-bond acceptors (Lipinski definition) is 4. The van der Waals surface area contributed by atoms with Gasteiger partial charge in [0, 0.05) is 38.1 Å². The molecule has 0 atom stereocenters. The summed E-state index contributed by atoms with van der Waals surface area (Å²) in [6.07, 6.45) is 5.76. The summed E-state index contributed by atoms with van der Waals surface area (Å²) in [5.74, 6) is -0.238. The molecule has 0 saturated carbocycles. The van der Waals surface area contributed by atoms with Gasteiger partial charge in [0.15, 0.2) is 0 Å². The van der Waals surface area contributed by atoms with Gasteiger partial charge in [-0.05, 0) is 30.5 Å². The third kappa shape index (κ3) is 4.09. The molecule has 2 heterocycles. The van der Waals surface area contributed by atoms with Crippen LogP contribution in [0.4, 0.5) is 0 Å². The summed E-state index contributed by atoms with van der Waals surface area (Å²) in [6, 6.07) is 4.58. The van der Waals surface area contributed by atoms with Gasteiger partial charge >= 0.3 is 0 Å². The third-order valence-corrected chi connectivity index (χ3v) is 3.31. The number of rotatable bonds is 5. The third-order valence-electron chi connectivity index (χ3n) is 3.31. The quantitative estimate of drug-likeness (QED) is 0.776. The molecule has 5 heteroatoms. The highest BCUT2D eigenvalue weighted by Crippen LogP contribution is 2.10. The van der Waals surface area contributed by atoms with Gasteiger partial charge in [-0.15, -0.1) is 0 Å². The van der Waals surface area contributed by atoms with E-state index in [-0.39, 0.29) is 5.91 Å². The summed E-state index contributed by atoms with van der Waals surface area (Å²) < 4.78 is 0. The molecule has 0 aliphatic carbocycles. The second-order valence-electron chi connectivity index (χ2n) is 4.75. The highest BCUT2D eigenvalue weighted by molar-refractivity contribution is 5.75. The summed E-state index contributed by atoms with van der Waals surface area (Å²) >= 11 is 0. The molecule has 1 amide bonds. The Hall–Kier alpha value is -1.46. The zero-order valence-electron chi connectivity index (χ0n) is 10.5. The number of hydrogen-bond donors (Lipinski definition) is 2. The number of likely N-dealkylation sites (tertiary alicyclic amines) is 1. The van der Waals surface area contributed by atoms with E-state index in [1.807, 2.05) is 24.5 Å². The molecule has 0 spiro atoms. The lowest BCUT2D eigenvalue weighted by Gasteiger charge is -2.31. The molecule has 3 N–H and O–H groups in total. The number of primary amides is 1. The highest BCUT2D eigenvalue weighted by Gasteiger charge is 2.19. The Morgan fingerprint density at radius 3 is 2.67 bits per heavy atom. The molecule has 0 aromatic carbocycles. The Labute approximate surface area is 107 Å². The normalized spacial score (nSPS) is 17.8. The van der Waals surface area contributed by atoms with Crippen LogP contribution in [0.5, 0.6) is 0 Å². The second kappa shape index (κ2) is 6.47. The lowest BCUT2D eigenvalue weighted by Crippen LogP contribution is -2.45. The molecular weight excluding hydrogens is 228 g/mol. The Morgan fingerprint density at radius 2 is 2.06 bits per heavy atom. The summed E-state index contributed by atoms with van der Waals surface area (Å²) in [5.41, 5.74) is 6.44. The van der Waals surface area contributed by atoms with E-state index >= 15 is 0 Å². The van der Waals surface area contributed by atoms with Crippen molar-refractivity contribution in [3.05, 3.63) is 30.1 Å². The number of aromatic nitrogens is 1. The Bertz CT molecular complexity index is 374. The Balaban J connectivity index is 1.69. The first-order valence-corrected chi connectivity index (χ1v) is 6.37. The van der Waals surface area contributed by atoms with Crippen molar-refractivity contribution in [3.8, 4) is 0 Å². The average Bonchev–Trinajstić information content (AvgIpc) is 2.38. The maximum absolute atomic E-state index is 10.8. The molecule has 1 aliphatic rings. The standard InChI is InChI=1S/C13H20N4O/c14-13(18)10-17-7-3-12(4-8-17)16-9-11-1-5-15-6-2-11/h1-2,5-6,12,16H,3-4,7-10H2,(H2,14,18). The molecule has 1 aromatic heterocycles. The van der Waals surface area contributed by atoms with E-state index in [4.69, 9.17) is 5.73 Å². The first-order valence-electron chi connectivity index (χ1n) is 6.37. The van der Waals surface area contributed by atoms with Crippen molar-refractivity contribution in [1.82, 2.24) is 15.2 Å². The average molecular weight is 248 g/mol. The largest absolute Gasteiger partial charge is 0.369 e. The lowest BCUT2D eigenvalue weighted by molar-refractivity contribution is -0.119. The van der Waals surface area contributed by atoms with Gasteiger partial charge in [-0.2, -0.15) is 0 Å². The fraction of sp³-hybridized carbons (Fsp3) is 0.538. The fourth-order valence-electron chi connectivity index (χ4n) is 2.28. The number of carbonyl (C=O) groups excluding carboxylic acids is 1. The van der Waals surface area contributed by atoms with Gasteiger partial charge in [-0.1, -0.05) is 0 Å². The Morgan fingerprint density at radius 1 is 1.39 bits per heavy atom. The monoisotopic (exact) mass is 248 g/mol. The molecule has 0 radical (unpaired) electrons. The minimum absolute atomic E-state index is 0.238. The molecule has 0 bridgehead atoms. The number of carbonyl (C=O) groups is 1. The smallest absolute Gasteiger partial charge is 0.231 e. The molecule has 18 heavy (non-hydrogen) atoms. The van der Waals surface area contributed by atoms with E-state index in [9.17, 15) is 4.79 Å². The lowest BCUT2D eigenvalue weighted by atomic mass is 10.0. The fourth-order valence-corrected chi connectivity index (χ4v) is 2.28. The van der Waals surface area contributed by atoms with Crippen LogP contribution in [0.25, 0.3) is 0 Å². The maximum atomic E-state index is 10.8. The second-order valence-corrected chi connectivity index (χ2v) is 4.75. The van der Waals surface area contributed by atoms with Crippen LogP contribution in [-0.2, 0) is 11.3 Å². The molecule has 1 aromatic rings. The van der Waals surface area contributed by atoms with Crippen molar-refractivity contribution in [2.75, 3.05) is 19.6 Å². The van der Waals surface area contributed by atoms with Crippen molar-refractivity contribution >= 4 is 5.91 Å². The summed E-state index contributed by atoms with van der Waals surface area (Å²) in [7, 11) is 0. The van der Waals surface area contributed by atoms with Crippen LogP contribution in [0.2, 0.25) is 0 Å². The van der Waals surface area contributed by atoms with Gasteiger partial charge in [0.1, 0.15) is 0 Å². The SMILES string of the molecule is NC(=O)CN1CCC(NCc2ccncc2)CC1. The number of piperidine rings is 1. The molecule has 1 fully saturated rings. The Kier molecular flexibility index (Phi) is 4.66. The topological polar surface area (TPSA) is 71.2 Å². The molecule has 5 nitrogen and oxygen atoms in total. The molecule has 1 saturated heterocycles. The van der Waals surface area contributed by atoms with E-state index in [0.717, 1.165) is 32.5 Å². The first-order chi connectivity index (χ1) is 8.74. The number of pyridine rings is 1. The van der Waals surface area contributed by atoms with E-state index in [1.54, 1.807) is 0 Å². The molecule has 0 unspecified atom stereocenters. The van der Waals surface area contributed by atoms with Gasteiger partial charge in [0.25, 0.3) is 0 Å². The summed E-state index contributed by atoms with van der Waals surface area (Å²) in [4.78, 5) is 16.9. The summed E-state index contributed by atoms with van der Waals surface area (Å²) in [5, 5.41) is 3.54. The van der Waals surface area contributed by atoms with Crippen LogP contribution < -0.4 is 11.1 Å². The number of nitrogens with one attached hydrogen (secondary N) is 1. The minimum atomic E-state index is -0.238. The van der Waals surface area contributed by atoms with Crippen LogP contribution in [0.1, 0.15) is 18.4 Å². The van der Waals surface area contributed by atoms with Gasteiger partial charge in [-0.25, -0.2) is 0 Å². The maximum Gasteiger partial charge on any atom is 0.231 e. The van der Waals surface area contributed by atoms with E-state index in [1.165, 1.54) is 5.56 Å². The zero-order chi connectivity index (χ0) is 12.8. The van der Waals surface area contributed by atoms with E-state index in [2.05, 4.69) is 15.2 Å². The molecule has 98 valence electrons. The van der Waals surface area contributed by atoms with Crippen molar-refractivity contribution in [2.24, 2.45) is 5.73 Å². The number of nitrogens with two attached hydrogens (primary N) is 1. The van der Waals surface area contributed by atoms with Crippen LogP contribution in [0.15, 0.2) is 24.5 Å². The number of amides is 1. The van der Waals surface area contributed by atoms with Crippen molar-refractivity contribution in [3.63, 3.8) is 0 Å². The predicted octanol–water partition coefficient (Wildman–Crippen LogP) is 0.121.